The van der Waals surface area contributed by atoms with Crippen molar-refractivity contribution in [2.75, 3.05) is 0 Å². The first-order valence-corrected chi connectivity index (χ1v) is 5.33. The van der Waals surface area contributed by atoms with Crippen LogP contribution in [0.4, 0.5) is 13.2 Å². The van der Waals surface area contributed by atoms with Crippen molar-refractivity contribution in [3.8, 4) is 11.1 Å². The lowest BCUT2D eigenvalue weighted by atomic mass is 9.99. The van der Waals surface area contributed by atoms with Crippen molar-refractivity contribution in [3.63, 3.8) is 0 Å². The fraction of sp³-hybridized carbons (Fsp3) is 0.154. The van der Waals surface area contributed by atoms with Gasteiger partial charge in [-0.25, -0.2) is 0 Å². The van der Waals surface area contributed by atoms with Gasteiger partial charge in [0.15, 0.2) is 0 Å². The van der Waals surface area contributed by atoms with Crippen LogP contribution in [0.15, 0.2) is 42.7 Å². The molecular formula is C13H12ClF3N2. The van der Waals surface area contributed by atoms with Gasteiger partial charge in [0.2, 0.25) is 0 Å². The van der Waals surface area contributed by atoms with Crippen molar-refractivity contribution in [1.29, 1.82) is 0 Å². The number of halogens is 4. The third kappa shape index (κ3) is 3.45. The molecule has 1 heterocycles. The van der Waals surface area contributed by atoms with Gasteiger partial charge in [-0.2, -0.15) is 13.2 Å². The fourth-order valence-corrected chi connectivity index (χ4v) is 1.74. The third-order valence-electron chi connectivity index (χ3n) is 2.65. The molecule has 0 bridgehead atoms. The highest BCUT2D eigenvalue weighted by atomic mass is 35.5. The molecule has 0 atom stereocenters. The number of hydrogen-bond donors (Lipinski definition) is 1. The Morgan fingerprint density at radius 3 is 2.16 bits per heavy atom. The molecule has 0 fully saturated rings. The zero-order valence-electron chi connectivity index (χ0n) is 9.82. The van der Waals surface area contributed by atoms with Gasteiger partial charge in [0.25, 0.3) is 0 Å². The van der Waals surface area contributed by atoms with Crippen molar-refractivity contribution in [1.82, 2.24) is 4.98 Å². The Hall–Kier alpha value is -1.59. The van der Waals surface area contributed by atoms with E-state index in [-0.39, 0.29) is 24.5 Å². The predicted molar refractivity (Wildman–Crippen MR) is 69.8 cm³/mol. The maximum atomic E-state index is 12.9. The molecule has 0 saturated carbocycles. The second kappa shape index (κ2) is 6.04. The van der Waals surface area contributed by atoms with E-state index in [2.05, 4.69) is 4.98 Å². The summed E-state index contributed by atoms with van der Waals surface area (Å²) in [4.78, 5) is 3.83. The van der Waals surface area contributed by atoms with E-state index in [4.69, 9.17) is 5.73 Å². The minimum Gasteiger partial charge on any atom is -0.326 e. The number of pyridine rings is 1. The van der Waals surface area contributed by atoms with Gasteiger partial charge < -0.3 is 5.73 Å². The quantitative estimate of drug-likeness (QED) is 0.916. The molecule has 0 spiro atoms. The number of nitrogens with two attached hydrogens (primary N) is 1. The molecule has 1 aromatic heterocycles. The molecule has 2 nitrogen and oxygen atoms in total. The average molecular weight is 289 g/mol. The van der Waals surface area contributed by atoms with Crippen LogP contribution in [0.2, 0.25) is 0 Å². The summed E-state index contributed by atoms with van der Waals surface area (Å²) in [6.07, 6.45) is -1.31. The van der Waals surface area contributed by atoms with Crippen LogP contribution in [0.5, 0.6) is 0 Å². The molecule has 2 N–H and O–H groups in total. The second-order valence-corrected chi connectivity index (χ2v) is 3.81. The van der Waals surface area contributed by atoms with E-state index < -0.39 is 11.7 Å². The lowest BCUT2D eigenvalue weighted by Gasteiger charge is -2.13. The summed E-state index contributed by atoms with van der Waals surface area (Å²) in [5.74, 6) is 0. The van der Waals surface area contributed by atoms with E-state index in [0.717, 1.165) is 6.07 Å². The molecule has 0 amide bonds. The van der Waals surface area contributed by atoms with Crippen molar-refractivity contribution < 1.29 is 13.2 Å². The van der Waals surface area contributed by atoms with Crippen molar-refractivity contribution >= 4 is 12.4 Å². The van der Waals surface area contributed by atoms with Crippen LogP contribution in [0.25, 0.3) is 11.1 Å². The van der Waals surface area contributed by atoms with E-state index in [1.165, 1.54) is 6.07 Å². The SMILES string of the molecule is Cl.NCc1ccc(-c2ccncc2)cc1C(F)(F)F. The first-order valence-electron chi connectivity index (χ1n) is 5.33. The van der Waals surface area contributed by atoms with Gasteiger partial charge in [-0.3, -0.25) is 4.98 Å². The Labute approximate surface area is 114 Å². The predicted octanol–water partition coefficient (Wildman–Crippen LogP) is 3.65. The number of aromatic nitrogens is 1. The molecule has 0 aliphatic heterocycles. The van der Waals surface area contributed by atoms with Crippen LogP contribution in [0.3, 0.4) is 0 Å². The van der Waals surface area contributed by atoms with Crippen LogP contribution < -0.4 is 5.73 Å². The highest BCUT2D eigenvalue weighted by Crippen LogP contribution is 2.34. The molecule has 2 aromatic rings. The number of benzene rings is 1. The van der Waals surface area contributed by atoms with Gasteiger partial charge in [0.05, 0.1) is 5.56 Å². The Balaban J connectivity index is 0.00000180. The number of rotatable bonds is 2. The molecule has 0 saturated heterocycles. The van der Waals surface area contributed by atoms with E-state index in [1.54, 1.807) is 30.6 Å². The van der Waals surface area contributed by atoms with Gasteiger partial charge in [0.1, 0.15) is 0 Å². The largest absolute Gasteiger partial charge is 0.416 e. The minimum atomic E-state index is -4.39. The van der Waals surface area contributed by atoms with Crippen LogP contribution in [0.1, 0.15) is 11.1 Å². The second-order valence-electron chi connectivity index (χ2n) is 3.81. The Bertz CT molecular complexity index is 541. The molecule has 102 valence electrons. The summed E-state index contributed by atoms with van der Waals surface area (Å²) in [7, 11) is 0. The maximum absolute atomic E-state index is 12.9. The summed E-state index contributed by atoms with van der Waals surface area (Å²) < 4.78 is 38.6. The summed E-state index contributed by atoms with van der Waals surface area (Å²) in [6, 6.07) is 7.50. The van der Waals surface area contributed by atoms with Gasteiger partial charge >= 0.3 is 6.18 Å². The molecule has 0 radical (unpaired) electrons. The zero-order valence-corrected chi connectivity index (χ0v) is 10.6. The number of alkyl halides is 3. The number of hydrogen-bond acceptors (Lipinski definition) is 2. The van der Waals surface area contributed by atoms with Crippen LogP contribution in [0, 0.1) is 0 Å². The van der Waals surface area contributed by atoms with Gasteiger partial charge in [-0.15, -0.1) is 12.4 Å². The highest BCUT2D eigenvalue weighted by molar-refractivity contribution is 5.85. The molecule has 0 unspecified atom stereocenters. The fourth-order valence-electron chi connectivity index (χ4n) is 1.74. The molecule has 19 heavy (non-hydrogen) atoms. The van der Waals surface area contributed by atoms with Gasteiger partial charge in [0, 0.05) is 18.9 Å². The third-order valence-corrected chi connectivity index (χ3v) is 2.65. The Morgan fingerprint density at radius 1 is 1.00 bits per heavy atom. The molecule has 0 aliphatic rings. The van der Waals surface area contributed by atoms with E-state index in [0.29, 0.717) is 11.1 Å². The van der Waals surface area contributed by atoms with Gasteiger partial charge in [-0.05, 0) is 34.9 Å². The summed E-state index contributed by atoms with van der Waals surface area (Å²) in [5.41, 5.74) is 5.94. The Morgan fingerprint density at radius 2 is 1.63 bits per heavy atom. The lowest BCUT2D eigenvalue weighted by Crippen LogP contribution is -2.12. The summed E-state index contributed by atoms with van der Waals surface area (Å²) in [5, 5.41) is 0. The highest BCUT2D eigenvalue weighted by Gasteiger charge is 2.33. The van der Waals surface area contributed by atoms with Crippen molar-refractivity contribution in [3.05, 3.63) is 53.9 Å². The van der Waals surface area contributed by atoms with Crippen molar-refractivity contribution in [2.45, 2.75) is 12.7 Å². The molecule has 6 heteroatoms. The van der Waals surface area contributed by atoms with E-state index in [9.17, 15) is 13.2 Å². The standard InChI is InChI=1S/C13H11F3N2.ClH/c14-13(15,16)12-7-10(1-2-11(12)8-17)9-3-5-18-6-4-9;/h1-7H,8,17H2;1H. The van der Waals surface area contributed by atoms with Crippen LogP contribution in [-0.4, -0.2) is 4.98 Å². The van der Waals surface area contributed by atoms with Crippen molar-refractivity contribution in [2.24, 2.45) is 5.73 Å². The van der Waals surface area contributed by atoms with E-state index >= 15 is 0 Å². The van der Waals surface area contributed by atoms with Crippen LogP contribution >= 0.6 is 12.4 Å². The van der Waals surface area contributed by atoms with Crippen LogP contribution in [-0.2, 0) is 12.7 Å². The smallest absolute Gasteiger partial charge is 0.326 e. The lowest BCUT2D eigenvalue weighted by molar-refractivity contribution is -0.138. The zero-order chi connectivity index (χ0) is 13.2. The summed E-state index contributed by atoms with van der Waals surface area (Å²) in [6.45, 7) is -0.133. The summed E-state index contributed by atoms with van der Waals surface area (Å²) >= 11 is 0. The minimum absolute atomic E-state index is 0. The average Bonchev–Trinajstić information content (AvgIpc) is 2.38. The maximum Gasteiger partial charge on any atom is 0.416 e. The normalized spacial score (nSPS) is 10.9. The first-order chi connectivity index (χ1) is 8.52. The monoisotopic (exact) mass is 288 g/mol. The Kier molecular flexibility index (Phi) is 4.91. The van der Waals surface area contributed by atoms with E-state index in [1.807, 2.05) is 0 Å². The van der Waals surface area contributed by atoms with Gasteiger partial charge in [-0.1, -0.05) is 12.1 Å². The molecule has 2 rings (SSSR count). The number of nitrogens with zero attached hydrogens (tertiary/aromatic N) is 1. The first kappa shape index (κ1) is 15.5. The topological polar surface area (TPSA) is 38.9 Å². The molecular weight excluding hydrogens is 277 g/mol. The molecule has 0 aliphatic carbocycles. The molecule has 1 aromatic carbocycles.